The summed E-state index contributed by atoms with van der Waals surface area (Å²) in [6.45, 7) is 4.07. The maximum absolute atomic E-state index is 13.3. The zero-order chi connectivity index (χ0) is 13.0. The van der Waals surface area contributed by atoms with E-state index in [9.17, 15) is 9.18 Å². The van der Waals surface area contributed by atoms with Crippen molar-refractivity contribution in [1.29, 1.82) is 0 Å². The van der Waals surface area contributed by atoms with Gasteiger partial charge >= 0.3 is 6.09 Å². The number of carbonyl (C=O) groups is 1. The van der Waals surface area contributed by atoms with E-state index < -0.39 is 0 Å². The summed E-state index contributed by atoms with van der Waals surface area (Å²) in [7, 11) is 0. The molecule has 1 aromatic carbocycles. The summed E-state index contributed by atoms with van der Waals surface area (Å²) in [5.74, 6) is -0.348. The average molecular weight is 252 g/mol. The minimum atomic E-state index is -0.382. The lowest BCUT2D eigenvalue weighted by Gasteiger charge is -2.32. The zero-order valence-corrected chi connectivity index (χ0v) is 10.4. The lowest BCUT2D eigenvalue weighted by molar-refractivity contribution is 0.0752. The van der Waals surface area contributed by atoms with Gasteiger partial charge in [-0.05, 0) is 13.0 Å². The fraction of sp³-hybridized carbons (Fsp3) is 0.462. The molecule has 0 radical (unpaired) electrons. The third kappa shape index (κ3) is 2.98. The molecule has 18 heavy (non-hydrogen) atoms. The molecule has 1 fully saturated rings. The standard InChI is InChI=1S/C13H17FN2O2/c1-10-8-15-6-7-16(10)13(17)18-9-11-4-2-3-5-12(11)14/h2-5,10,15H,6-9H2,1H3/t10-/m1/s1. The molecule has 5 heteroatoms. The smallest absolute Gasteiger partial charge is 0.410 e. The number of benzene rings is 1. The second-order valence-electron chi connectivity index (χ2n) is 4.39. The van der Waals surface area contributed by atoms with Crippen LogP contribution in [0.25, 0.3) is 0 Å². The molecule has 1 amide bonds. The van der Waals surface area contributed by atoms with Crippen molar-refractivity contribution in [1.82, 2.24) is 10.2 Å². The van der Waals surface area contributed by atoms with Crippen molar-refractivity contribution in [3.8, 4) is 0 Å². The maximum atomic E-state index is 13.3. The van der Waals surface area contributed by atoms with Gasteiger partial charge in [0.15, 0.2) is 0 Å². The van der Waals surface area contributed by atoms with E-state index in [4.69, 9.17) is 4.74 Å². The molecular weight excluding hydrogens is 235 g/mol. The van der Waals surface area contributed by atoms with Crippen LogP contribution in [0.4, 0.5) is 9.18 Å². The predicted molar refractivity (Wildman–Crippen MR) is 65.6 cm³/mol. The van der Waals surface area contributed by atoms with Crippen LogP contribution in [-0.2, 0) is 11.3 Å². The Morgan fingerprint density at radius 3 is 3.06 bits per heavy atom. The molecule has 1 aromatic rings. The summed E-state index contributed by atoms with van der Waals surface area (Å²) in [6.07, 6.45) is -0.382. The van der Waals surface area contributed by atoms with Crippen LogP contribution < -0.4 is 5.32 Å². The topological polar surface area (TPSA) is 41.6 Å². The minimum Gasteiger partial charge on any atom is -0.444 e. The number of carbonyl (C=O) groups excluding carboxylic acids is 1. The van der Waals surface area contributed by atoms with E-state index >= 15 is 0 Å². The Morgan fingerprint density at radius 2 is 2.33 bits per heavy atom. The molecule has 1 atom stereocenters. The van der Waals surface area contributed by atoms with Crippen molar-refractivity contribution in [3.63, 3.8) is 0 Å². The first-order valence-electron chi connectivity index (χ1n) is 6.06. The van der Waals surface area contributed by atoms with E-state index in [-0.39, 0.29) is 24.6 Å². The van der Waals surface area contributed by atoms with Crippen LogP contribution in [0.2, 0.25) is 0 Å². The third-order valence-corrected chi connectivity index (χ3v) is 3.04. The maximum Gasteiger partial charge on any atom is 0.410 e. The quantitative estimate of drug-likeness (QED) is 0.872. The lowest BCUT2D eigenvalue weighted by Crippen LogP contribution is -2.52. The highest BCUT2D eigenvalue weighted by molar-refractivity contribution is 5.68. The molecule has 4 nitrogen and oxygen atoms in total. The van der Waals surface area contributed by atoms with Gasteiger partial charge < -0.3 is 15.0 Å². The first-order chi connectivity index (χ1) is 8.68. The highest BCUT2D eigenvalue weighted by Crippen LogP contribution is 2.10. The Balaban J connectivity index is 1.90. The second kappa shape index (κ2) is 5.82. The van der Waals surface area contributed by atoms with Crippen molar-refractivity contribution in [3.05, 3.63) is 35.6 Å². The van der Waals surface area contributed by atoms with Gasteiger partial charge in [-0.25, -0.2) is 9.18 Å². The summed E-state index contributed by atoms with van der Waals surface area (Å²) in [5.41, 5.74) is 0.397. The molecule has 1 heterocycles. The molecule has 1 aliphatic heterocycles. The Hall–Kier alpha value is -1.62. The van der Waals surface area contributed by atoms with Crippen LogP contribution in [0.15, 0.2) is 24.3 Å². The Morgan fingerprint density at radius 1 is 1.56 bits per heavy atom. The number of hydrogen-bond acceptors (Lipinski definition) is 3. The number of halogens is 1. The van der Waals surface area contributed by atoms with E-state index in [0.717, 1.165) is 13.1 Å². The van der Waals surface area contributed by atoms with Crippen molar-refractivity contribution < 1.29 is 13.9 Å². The summed E-state index contributed by atoms with van der Waals surface area (Å²) >= 11 is 0. The highest BCUT2D eigenvalue weighted by atomic mass is 19.1. The number of nitrogens with one attached hydrogen (secondary N) is 1. The molecule has 2 rings (SSSR count). The van der Waals surface area contributed by atoms with E-state index in [1.54, 1.807) is 23.1 Å². The van der Waals surface area contributed by atoms with Gasteiger partial charge in [0, 0.05) is 31.2 Å². The van der Waals surface area contributed by atoms with Crippen LogP contribution >= 0.6 is 0 Å². The van der Waals surface area contributed by atoms with Gasteiger partial charge in [-0.3, -0.25) is 0 Å². The summed E-state index contributed by atoms with van der Waals surface area (Å²) in [4.78, 5) is 13.5. The van der Waals surface area contributed by atoms with Crippen molar-refractivity contribution >= 4 is 6.09 Å². The molecule has 98 valence electrons. The average Bonchev–Trinajstić information content (AvgIpc) is 2.38. The van der Waals surface area contributed by atoms with E-state index in [1.807, 2.05) is 6.92 Å². The van der Waals surface area contributed by atoms with E-state index in [0.29, 0.717) is 12.1 Å². The molecule has 0 saturated carbocycles. The van der Waals surface area contributed by atoms with Gasteiger partial charge in [-0.15, -0.1) is 0 Å². The summed E-state index contributed by atoms with van der Waals surface area (Å²) < 4.78 is 18.5. The molecule has 1 aliphatic rings. The normalized spacial score (nSPS) is 19.7. The van der Waals surface area contributed by atoms with Crippen LogP contribution in [0.5, 0.6) is 0 Å². The molecule has 0 bridgehead atoms. The molecule has 1 saturated heterocycles. The highest BCUT2D eigenvalue weighted by Gasteiger charge is 2.24. The summed E-state index contributed by atoms with van der Waals surface area (Å²) in [5, 5.41) is 3.19. The Kier molecular flexibility index (Phi) is 4.15. The molecule has 1 N–H and O–H groups in total. The second-order valence-corrected chi connectivity index (χ2v) is 4.39. The first-order valence-corrected chi connectivity index (χ1v) is 6.06. The number of ether oxygens (including phenoxy) is 1. The zero-order valence-electron chi connectivity index (χ0n) is 10.4. The van der Waals surface area contributed by atoms with E-state index in [1.165, 1.54) is 6.07 Å². The molecule has 0 aromatic heterocycles. The first kappa shape index (κ1) is 12.8. The van der Waals surface area contributed by atoms with Gasteiger partial charge in [0.05, 0.1) is 0 Å². The van der Waals surface area contributed by atoms with E-state index in [2.05, 4.69) is 5.32 Å². The largest absolute Gasteiger partial charge is 0.444 e. The Bertz CT molecular complexity index is 425. The van der Waals surface area contributed by atoms with Crippen LogP contribution in [0.1, 0.15) is 12.5 Å². The van der Waals surface area contributed by atoms with Gasteiger partial charge in [0.2, 0.25) is 0 Å². The number of rotatable bonds is 2. The van der Waals surface area contributed by atoms with Gasteiger partial charge in [-0.2, -0.15) is 0 Å². The van der Waals surface area contributed by atoms with Crippen LogP contribution in [0, 0.1) is 5.82 Å². The Labute approximate surface area is 106 Å². The van der Waals surface area contributed by atoms with Crippen molar-refractivity contribution in [2.24, 2.45) is 0 Å². The number of nitrogens with zero attached hydrogens (tertiary/aromatic N) is 1. The van der Waals surface area contributed by atoms with Gasteiger partial charge in [0.25, 0.3) is 0 Å². The SMILES string of the molecule is C[C@@H]1CNCCN1C(=O)OCc1ccccc1F. The van der Waals surface area contributed by atoms with Crippen LogP contribution in [0.3, 0.4) is 0 Å². The number of hydrogen-bond donors (Lipinski definition) is 1. The van der Waals surface area contributed by atoms with Crippen molar-refractivity contribution in [2.45, 2.75) is 19.6 Å². The molecular formula is C13H17FN2O2. The van der Waals surface area contributed by atoms with Crippen molar-refractivity contribution in [2.75, 3.05) is 19.6 Å². The molecule has 0 unspecified atom stereocenters. The van der Waals surface area contributed by atoms with Gasteiger partial charge in [-0.1, -0.05) is 18.2 Å². The molecule has 0 spiro atoms. The lowest BCUT2D eigenvalue weighted by atomic mass is 10.2. The number of piperazine rings is 1. The third-order valence-electron chi connectivity index (χ3n) is 3.04. The fourth-order valence-electron chi connectivity index (χ4n) is 1.95. The van der Waals surface area contributed by atoms with Gasteiger partial charge in [0.1, 0.15) is 12.4 Å². The minimum absolute atomic E-state index is 0.0256. The number of amides is 1. The van der Waals surface area contributed by atoms with Crippen LogP contribution in [-0.4, -0.2) is 36.7 Å². The summed E-state index contributed by atoms with van der Waals surface area (Å²) in [6, 6.07) is 6.41. The fourth-order valence-corrected chi connectivity index (χ4v) is 1.95. The predicted octanol–water partition coefficient (Wildman–Crippen LogP) is 1.76. The monoisotopic (exact) mass is 252 g/mol. The molecule has 0 aliphatic carbocycles.